The second-order valence-corrected chi connectivity index (χ2v) is 6.59. The highest BCUT2D eigenvalue weighted by Gasteiger charge is 2.22. The predicted molar refractivity (Wildman–Crippen MR) is 86.0 cm³/mol. The van der Waals surface area contributed by atoms with E-state index in [1.165, 1.54) is 5.57 Å². The summed E-state index contributed by atoms with van der Waals surface area (Å²) < 4.78 is 29.6. The van der Waals surface area contributed by atoms with Crippen LogP contribution in [0.25, 0.3) is 5.57 Å². The lowest BCUT2D eigenvalue weighted by atomic mass is 9.97. The second-order valence-electron chi connectivity index (χ2n) is 4.97. The van der Waals surface area contributed by atoms with Crippen molar-refractivity contribution < 1.29 is 13.3 Å². The molecule has 0 saturated carbocycles. The first-order chi connectivity index (χ1) is 10.2. The Morgan fingerprint density at radius 3 is 2.62 bits per heavy atom. The van der Waals surface area contributed by atoms with Crippen molar-refractivity contribution in [3.8, 4) is 0 Å². The van der Waals surface area contributed by atoms with Crippen LogP contribution in [-0.4, -0.2) is 42.3 Å². The van der Waals surface area contributed by atoms with Crippen molar-refractivity contribution in [2.45, 2.75) is 18.6 Å². The molecule has 0 amide bonds. The summed E-state index contributed by atoms with van der Waals surface area (Å²) in [4.78, 5) is 3.78. The molecule has 1 aliphatic rings. The van der Waals surface area contributed by atoms with Crippen molar-refractivity contribution in [2.75, 3.05) is 25.3 Å². The van der Waals surface area contributed by atoms with Gasteiger partial charge in [0.1, 0.15) is 18.8 Å². The Balaban J connectivity index is 2.18. The molecule has 0 aromatic heterocycles. The van der Waals surface area contributed by atoms with Crippen LogP contribution in [0.5, 0.6) is 0 Å². The molecular weight excluding hydrogens is 289 g/mol. The number of methoxy groups -OCH3 is 1. The number of ether oxygens (including phenoxy) is 1. The first-order valence-electron chi connectivity index (χ1n) is 6.88. The molecule has 0 saturated heterocycles. The van der Waals surface area contributed by atoms with Gasteiger partial charge in [0.25, 0.3) is 0 Å². The van der Waals surface area contributed by atoms with E-state index in [9.17, 15) is 8.60 Å². The van der Waals surface area contributed by atoms with Gasteiger partial charge in [0.05, 0.1) is 0 Å². The number of rotatable bonds is 6. The van der Waals surface area contributed by atoms with E-state index in [1.54, 1.807) is 7.11 Å². The Bertz CT molecular complexity index is 542. The molecule has 0 bridgehead atoms. The highest BCUT2D eigenvalue weighted by Crippen LogP contribution is 2.27. The van der Waals surface area contributed by atoms with Crippen LogP contribution in [0.3, 0.4) is 0 Å². The summed E-state index contributed by atoms with van der Waals surface area (Å²) in [5.74, 6) is 1.35. The third-order valence-corrected chi connectivity index (χ3v) is 4.92. The van der Waals surface area contributed by atoms with Gasteiger partial charge < -0.3 is 4.74 Å². The summed E-state index contributed by atoms with van der Waals surface area (Å²) in [6.07, 6.45) is 2.45. The maximum absolute atomic E-state index is 12.9. The molecule has 2 rings (SSSR count). The molecule has 0 radical (unpaired) electrons. The largest absolute Gasteiger partial charge is 0.374 e. The fourth-order valence-electron chi connectivity index (χ4n) is 2.49. The van der Waals surface area contributed by atoms with Gasteiger partial charge in [-0.3, -0.25) is 9.20 Å². The lowest BCUT2D eigenvalue weighted by Crippen LogP contribution is -2.20. The second kappa shape index (κ2) is 7.61. The van der Waals surface area contributed by atoms with Crippen molar-refractivity contribution in [3.05, 3.63) is 41.5 Å². The quantitative estimate of drug-likeness (QED) is 0.758. The van der Waals surface area contributed by atoms with Crippen LogP contribution in [0.15, 0.2) is 35.3 Å². The predicted octanol–water partition coefficient (Wildman–Crippen LogP) is 2.95. The van der Waals surface area contributed by atoms with E-state index in [0.29, 0.717) is 5.75 Å². The van der Waals surface area contributed by atoms with Crippen LogP contribution in [0, 0.1) is 0 Å². The zero-order chi connectivity index (χ0) is 15.2. The monoisotopic (exact) mass is 309 g/mol. The van der Waals surface area contributed by atoms with Gasteiger partial charge in [-0.25, -0.2) is 4.39 Å². The summed E-state index contributed by atoms with van der Waals surface area (Å²) in [6, 6.07) is 7.28. The molecule has 3 atom stereocenters. The van der Waals surface area contributed by atoms with Gasteiger partial charge in [-0.2, -0.15) is 0 Å². The van der Waals surface area contributed by atoms with Gasteiger partial charge in [-0.1, -0.05) is 30.3 Å². The minimum atomic E-state index is -0.714. The Morgan fingerprint density at radius 1 is 1.43 bits per heavy atom. The van der Waals surface area contributed by atoms with Crippen molar-refractivity contribution in [1.29, 1.82) is 0 Å². The van der Waals surface area contributed by atoms with Crippen molar-refractivity contribution >= 4 is 23.1 Å². The standard InChI is InChI=1S/C16H20FNO2S/c1-18-15(11-17)16(20-2)14-5-3-12(4-6-14)13-7-9-21(19)10-8-13/h3-7,15-16H,1,8-11H2,2H3/t15-,16-,21?/m1/s1. The molecule has 1 aromatic rings. The third kappa shape index (κ3) is 3.86. The highest BCUT2D eigenvalue weighted by atomic mass is 32.2. The van der Waals surface area contributed by atoms with Crippen molar-refractivity contribution in [3.63, 3.8) is 0 Å². The van der Waals surface area contributed by atoms with Gasteiger partial charge in [0.2, 0.25) is 0 Å². The van der Waals surface area contributed by atoms with Crippen LogP contribution < -0.4 is 0 Å². The summed E-state index contributed by atoms with van der Waals surface area (Å²) in [5.41, 5.74) is 3.23. The number of nitrogens with zero attached hydrogens (tertiary/aromatic N) is 1. The van der Waals surface area contributed by atoms with Crippen LogP contribution in [0.4, 0.5) is 4.39 Å². The van der Waals surface area contributed by atoms with Gasteiger partial charge in [0, 0.05) is 29.4 Å². The summed E-state index contributed by atoms with van der Waals surface area (Å²) in [5, 5.41) is 0. The lowest BCUT2D eigenvalue weighted by Gasteiger charge is -2.21. The number of allylic oxidation sites excluding steroid dienone is 1. The molecule has 114 valence electrons. The summed E-state index contributed by atoms with van der Waals surface area (Å²) in [7, 11) is 0.833. The van der Waals surface area contributed by atoms with Crippen LogP contribution in [0.2, 0.25) is 0 Å². The fourth-order valence-corrected chi connectivity index (χ4v) is 3.49. The molecule has 21 heavy (non-hydrogen) atoms. The Hall–Kier alpha value is -1.33. The zero-order valence-corrected chi connectivity index (χ0v) is 12.9. The van der Waals surface area contributed by atoms with Gasteiger partial charge >= 0.3 is 0 Å². The van der Waals surface area contributed by atoms with E-state index in [0.717, 1.165) is 23.3 Å². The maximum Gasteiger partial charge on any atom is 0.115 e. The number of halogens is 1. The summed E-state index contributed by atoms with van der Waals surface area (Å²) in [6.45, 7) is 2.82. The molecule has 1 unspecified atom stereocenters. The molecule has 0 fully saturated rings. The van der Waals surface area contributed by atoms with E-state index in [2.05, 4.69) is 11.7 Å². The highest BCUT2D eigenvalue weighted by molar-refractivity contribution is 7.85. The zero-order valence-electron chi connectivity index (χ0n) is 12.1. The Morgan fingerprint density at radius 2 is 2.14 bits per heavy atom. The Kier molecular flexibility index (Phi) is 5.82. The fraction of sp³-hybridized carbons (Fsp3) is 0.438. The lowest BCUT2D eigenvalue weighted by molar-refractivity contribution is 0.0731. The van der Waals surface area contributed by atoms with Crippen molar-refractivity contribution in [2.24, 2.45) is 4.99 Å². The molecular formula is C16H20FNO2S. The minimum Gasteiger partial charge on any atom is -0.374 e. The van der Waals surface area contributed by atoms with E-state index in [1.807, 2.05) is 30.3 Å². The third-order valence-electron chi connectivity index (χ3n) is 3.72. The SMILES string of the molecule is C=N[C@H](CF)[C@H](OC)c1ccc(C2=CCS(=O)CC2)cc1. The van der Waals surface area contributed by atoms with Crippen molar-refractivity contribution in [1.82, 2.24) is 0 Å². The van der Waals surface area contributed by atoms with Gasteiger partial charge in [-0.05, 0) is 29.8 Å². The van der Waals surface area contributed by atoms with Gasteiger partial charge in [0.15, 0.2) is 0 Å². The molecule has 1 heterocycles. The van der Waals surface area contributed by atoms with Crippen LogP contribution in [0.1, 0.15) is 23.7 Å². The number of aliphatic imine (C=N–C) groups is 1. The van der Waals surface area contributed by atoms with E-state index in [4.69, 9.17) is 4.74 Å². The summed E-state index contributed by atoms with van der Waals surface area (Å²) >= 11 is 0. The molecule has 5 heteroatoms. The molecule has 0 N–H and O–H groups in total. The van der Waals surface area contributed by atoms with Crippen LogP contribution in [-0.2, 0) is 15.5 Å². The minimum absolute atomic E-state index is 0.422. The Labute approximate surface area is 127 Å². The number of hydrogen-bond acceptors (Lipinski definition) is 3. The molecule has 1 aromatic carbocycles. The normalized spacial score (nSPS) is 21.4. The average molecular weight is 309 g/mol. The van der Waals surface area contributed by atoms with E-state index < -0.39 is 29.6 Å². The molecule has 3 nitrogen and oxygen atoms in total. The number of hydrogen-bond donors (Lipinski definition) is 0. The molecule has 1 aliphatic heterocycles. The average Bonchev–Trinajstić information content (AvgIpc) is 2.53. The van der Waals surface area contributed by atoms with Gasteiger partial charge in [-0.15, -0.1) is 0 Å². The first kappa shape index (κ1) is 16.0. The number of benzene rings is 1. The maximum atomic E-state index is 12.9. The molecule has 0 aliphatic carbocycles. The topological polar surface area (TPSA) is 38.7 Å². The van der Waals surface area contributed by atoms with Crippen LogP contribution >= 0.6 is 0 Å². The van der Waals surface area contributed by atoms with E-state index >= 15 is 0 Å². The number of alkyl halides is 1. The first-order valence-corrected chi connectivity index (χ1v) is 8.37. The smallest absolute Gasteiger partial charge is 0.115 e. The molecule has 0 spiro atoms. The van der Waals surface area contributed by atoms with E-state index in [-0.39, 0.29) is 0 Å².